The minimum absolute atomic E-state index is 0.246. The van der Waals surface area contributed by atoms with Crippen LogP contribution in [-0.4, -0.2) is 26.7 Å². The molecule has 0 aromatic carbocycles. The van der Waals surface area contributed by atoms with Crippen LogP contribution < -0.4 is 5.32 Å². The summed E-state index contributed by atoms with van der Waals surface area (Å²) in [7, 11) is 1.74. The van der Waals surface area contributed by atoms with Crippen molar-refractivity contribution >= 4 is 22.6 Å². The highest BCUT2D eigenvalue weighted by molar-refractivity contribution is 6.28. The Kier molecular flexibility index (Phi) is 3.43. The fourth-order valence-corrected chi connectivity index (χ4v) is 3.04. The van der Waals surface area contributed by atoms with E-state index in [9.17, 15) is 5.11 Å². The molecule has 1 saturated carbocycles. The number of hydrogen-bond acceptors (Lipinski definition) is 4. The third-order valence-corrected chi connectivity index (χ3v) is 4.00. The maximum atomic E-state index is 10.1. The van der Waals surface area contributed by atoms with Gasteiger partial charge in [-0.25, -0.2) is 4.98 Å². The Balaban J connectivity index is 2.20. The standard InChI is InChI=1S/C13H17ClN4O/c1-15-12(19)10-6-8-7-16-13(14)17-11(8)18(10)9-4-2-3-5-9/h6-7,9,12,15,19H,2-5H2,1H3. The lowest BCUT2D eigenvalue weighted by atomic mass is 10.2. The van der Waals surface area contributed by atoms with Crippen LogP contribution in [0.3, 0.4) is 0 Å². The van der Waals surface area contributed by atoms with Crippen molar-refractivity contribution in [1.82, 2.24) is 19.9 Å². The number of aliphatic hydroxyl groups is 1. The summed E-state index contributed by atoms with van der Waals surface area (Å²) in [6.07, 6.45) is 5.69. The van der Waals surface area contributed by atoms with Gasteiger partial charge in [0.15, 0.2) is 0 Å². The molecule has 2 aromatic rings. The van der Waals surface area contributed by atoms with Crippen LogP contribution >= 0.6 is 11.6 Å². The third-order valence-electron chi connectivity index (χ3n) is 3.82. The summed E-state index contributed by atoms with van der Waals surface area (Å²) in [4.78, 5) is 8.35. The molecule has 0 bridgehead atoms. The monoisotopic (exact) mass is 280 g/mol. The van der Waals surface area contributed by atoms with E-state index in [0.29, 0.717) is 6.04 Å². The Morgan fingerprint density at radius 2 is 2.21 bits per heavy atom. The molecule has 1 unspecified atom stereocenters. The van der Waals surface area contributed by atoms with Gasteiger partial charge in [0.1, 0.15) is 11.9 Å². The van der Waals surface area contributed by atoms with Gasteiger partial charge in [-0.2, -0.15) is 4.98 Å². The molecule has 0 aliphatic heterocycles. The maximum absolute atomic E-state index is 10.1. The van der Waals surface area contributed by atoms with E-state index in [0.717, 1.165) is 29.6 Å². The first-order valence-corrected chi connectivity index (χ1v) is 6.97. The van der Waals surface area contributed by atoms with Gasteiger partial charge in [0.2, 0.25) is 5.28 Å². The Morgan fingerprint density at radius 3 is 2.89 bits per heavy atom. The van der Waals surface area contributed by atoms with Gasteiger partial charge in [-0.3, -0.25) is 5.32 Å². The van der Waals surface area contributed by atoms with E-state index in [4.69, 9.17) is 11.6 Å². The minimum atomic E-state index is -0.700. The van der Waals surface area contributed by atoms with Crippen LogP contribution in [0.25, 0.3) is 11.0 Å². The lowest BCUT2D eigenvalue weighted by Gasteiger charge is -2.19. The zero-order valence-corrected chi connectivity index (χ0v) is 11.6. The zero-order valence-electron chi connectivity index (χ0n) is 10.8. The van der Waals surface area contributed by atoms with Crippen LogP contribution in [0.15, 0.2) is 12.3 Å². The lowest BCUT2D eigenvalue weighted by Crippen LogP contribution is -2.21. The van der Waals surface area contributed by atoms with Gasteiger partial charge in [-0.1, -0.05) is 12.8 Å². The Hall–Kier alpha value is -1.17. The number of aliphatic hydroxyl groups excluding tert-OH is 1. The highest BCUT2D eigenvalue weighted by Crippen LogP contribution is 2.35. The quantitative estimate of drug-likeness (QED) is 0.669. The van der Waals surface area contributed by atoms with Crippen LogP contribution in [-0.2, 0) is 0 Å². The molecule has 1 aliphatic carbocycles. The zero-order chi connectivity index (χ0) is 13.4. The van der Waals surface area contributed by atoms with Crippen molar-refractivity contribution in [3.8, 4) is 0 Å². The second-order valence-electron chi connectivity index (χ2n) is 4.99. The van der Waals surface area contributed by atoms with Gasteiger partial charge in [-0.05, 0) is 37.6 Å². The van der Waals surface area contributed by atoms with Crippen molar-refractivity contribution < 1.29 is 5.11 Å². The largest absolute Gasteiger partial charge is 0.373 e. The molecule has 2 aromatic heterocycles. The predicted molar refractivity (Wildman–Crippen MR) is 74.1 cm³/mol. The molecule has 6 heteroatoms. The predicted octanol–water partition coefficient (Wildman–Crippen LogP) is 2.41. The van der Waals surface area contributed by atoms with E-state index in [2.05, 4.69) is 19.9 Å². The number of nitrogens with one attached hydrogen (secondary N) is 1. The molecule has 0 saturated heterocycles. The molecule has 2 N–H and O–H groups in total. The van der Waals surface area contributed by atoms with Crippen molar-refractivity contribution in [3.63, 3.8) is 0 Å². The van der Waals surface area contributed by atoms with Crippen LogP contribution in [0.5, 0.6) is 0 Å². The maximum Gasteiger partial charge on any atom is 0.224 e. The van der Waals surface area contributed by atoms with Crippen LogP contribution in [0.1, 0.15) is 43.6 Å². The molecule has 19 heavy (non-hydrogen) atoms. The molecular weight excluding hydrogens is 264 g/mol. The summed E-state index contributed by atoms with van der Waals surface area (Å²) < 4.78 is 2.12. The molecule has 0 spiro atoms. The molecule has 5 nitrogen and oxygen atoms in total. The average Bonchev–Trinajstić information content (AvgIpc) is 3.03. The fourth-order valence-electron chi connectivity index (χ4n) is 2.91. The van der Waals surface area contributed by atoms with Crippen LogP contribution in [0.4, 0.5) is 0 Å². The molecular formula is C13H17ClN4O. The van der Waals surface area contributed by atoms with E-state index in [1.165, 1.54) is 12.8 Å². The summed E-state index contributed by atoms with van der Waals surface area (Å²) in [6.45, 7) is 0. The van der Waals surface area contributed by atoms with Gasteiger partial charge in [-0.15, -0.1) is 0 Å². The van der Waals surface area contributed by atoms with Crippen molar-refractivity contribution in [1.29, 1.82) is 0 Å². The smallest absolute Gasteiger partial charge is 0.224 e. The molecule has 1 aliphatic rings. The summed E-state index contributed by atoms with van der Waals surface area (Å²) >= 11 is 5.91. The second kappa shape index (κ2) is 5.07. The van der Waals surface area contributed by atoms with Crippen molar-refractivity contribution in [3.05, 3.63) is 23.2 Å². The molecule has 0 amide bonds. The average molecular weight is 281 g/mol. The SMILES string of the molecule is CNC(O)c1cc2cnc(Cl)nc2n1C1CCCC1. The highest BCUT2D eigenvalue weighted by atomic mass is 35.5. The number of aromatic nitrogens is 3. The van der Waals surface area contributed by atoms with E-state index < -0.39 is 6.23 Å². The molecule has 1 fully saturated rings. The summed E-state index contributed by atoms with van der Waals surface area (Å²) in [5, 5.41) is 14.2. The van der Waals surface area contributed by atoms with Crippen molar-refractivity contribution in [2.24, 2.45) is 0 Å². The van der Waals surface area contributed by atoms with E-state index in [-0.39, 0.29) is 5.28 Å². The Bertz CT molecular complexity index is 592. The summed E-state index contributed by atoms with van der Waals surface area (Å²) in [5.74, 6) is 0. The highest BCUT2D eigenvalue weighted by Gasteiger charge is 2.25. The van der Waals surface area contributed by atoms with E-state index in [1.807, 2.05) is 6.07 Å². The van der Waals surface area contributed by atoms with Crippen molar-refractivity contribution in [2.45, 2.75) is 38.0 Å². The van der Waals surface area contributed by atoms with Gasteiger partial charge in [0.05, 0.1) is 5.69 Å². The number of halogens is 1. The number of fused-ring (bicyclic) bond motifs is 1. The fraction of sp³-hybridized carbons (Fsp3) is 0.538. The van der Waals surface area contributed by atoms with Crippen LogP contribution in [0.2, 0.25) is 5.28 Å². The van der Waals surface area contributed by atoms with Gasteiger partial charge < -0.3 is 9.67 Å². The lowest BCUT2D eigenvalue weighted by molar-refractivity contribution is 0.138. The Morgan fingerprint density at radius 1 is 1.47 bits per heavy atom. The summed E-state index contributed by atoms with van der Waals surface area (Å²) in [6, 6.07) is 2.33. The first-order valence-electron chi connectivity index (χ1n) is 6.59. The molecule has 102 valence electrons. The van der Waals surface area contributed by atoms with E-state index >= 15 is 0 Å². The van der Waals surface area contributed by atoms with Crippen LogP contribution in [0, 0.1) is 0 Å². The molecule has 2 heterocycles. The van der Waals surface area contributed by atoms with E-state index in [1.54, 1.807) is 13.2 Å². The molecule has 1 atom stereocenters. The molecule has 3 rings (SSSR count). The first-order chi connectivity index (χ1) is 9.20. The van der Waals surface area contributed by atoms with Crippen molar-refractivity contribution in [2.75, 3.05) is 7.05 Å². The van der Waals surface area contributed by atoms with Gasteiger partial charge >= 0.3 is 0 Å². The number of hydrogen-bond donors (Lipinski definition) is 2. The number of nitrogens with zero attached hydrogens (tertiary/aromatic N) is 3. The third kappa shape index (κ3) is 2.22. The minimum Gasteiger partial charge on any atom is -0.373 e. The van der Waals surface area contributed by atoms with Gasteiger partial charge in [0, 0.05) is 17.6 Å². The van der Waals surface area contributed by atoms with Gasteiger partial charge in [0.25, 0.3) is 0 Å². The molecule has 0 radical (unpaired) electrons. The first kappa shape index (κ1) is 12.8. The number of rotatable bonds is 3. The topological polar surface area (TPSA) is 63.0 Å². The normalized spacial score (nSPS) is 18.3. The summed E-state index contributed by atoms with van der Waals surface area (Å²) in [5.41, 5.74) is 1.65. The Labute approximate surface area is 116 Å². The second-order valence-corrected chi connectivity index (χ2v) is 5.32.